The zero-order chi connectivity index (χ0) is 12.8. The van der Waals surface area contributed by atoms with Crippen LogP contribution in [0.5, 0.6) is 0 Å². The number of hydrogen-bond acceptors (Lipinski definition) is 2. The zero-order valence-electron chi connectivity index (χ0n) is 10.4. The Labute approximate surface area is 111 Å². The molecule has 3 N–H and O–H groups in total. The highest BCUT2D eigenvalue weighted by Crippen LogP contribution is 2.19. The van der Waals surface area contributed by atoms with Crippen LogP contribution in [-0.2, 0) is 0 Å². The maximum atomic E-state index is 12.0. The molecule has 1 heterocycles. The third-order valence-electron chi connectivity index (χ3n) is 2.52. The van der Waals surface area contributed by atoms with Crippen LogP contribution in [0.25, 0.3) is 0 Å². The molecule has 4 nitrogen and oxygen atoms in total. The van der Waals surface area contributed by atoms with Crippen molar-refractivity contribution in [3.05, 3.63) is 22.4 Å². The van der Waals surface area contributed by atoms with Gasteiger partial charge in [-0.15, -0.1) is 0 Å². The Balaban J connectivity index is 2.62. The van der Waals surface area contributed by atoms with Crippen molar-refractivity contribution in [1.29, 1.82) is 0 Å². The maximum absolute atomic E-state index is 12.0. The summed E-state index contributed by atoms with van der Waals surface area (Å²) in [5, 5.41) is 2.91. The van der Waals surface area contributed by atoms with Gasteiger partial charge in [0.2, 0.25) is 0 Å². The van der Waals surface area contributed by atoms with Crippen LogP contribution in [-0.4, -0.2) is 23.6 Å². The van der Waals surface area contributed by atoms with Gasteiger partial charge < -0.3 is 15.6 Å². The monoisotopic (exact) mass is 301 g/mol. The van der Waals surface area contributed by atoms with E-state index >= 15 is 0 Å². The minimum atomic E-state index is -0.0265. The van der Waals surface area contributed by atoms with E-state index in [1.165, 1.54) is 0 Å². The second-order valence-electron chi connectivity index (χ2n) is 4.30. The molecule has 0 fully saturated rings. The van der Waals surface area contributed by atoms with E-state index in [0.29, 0.717) is 18.8 Å². The Bertz CT molecular complexity index is 374. The van der Waals surface area contributed by atoms with Crippen molar-refractivity contribution in [1.82, 2.24) is 9.88 Å². The van der Waals surface area contributed by atoms with Gasteiger partial charge in [-0.3, -0.25) is 4.79 Å². The molecular weight excluding hydrogens is 282 g/mol. The third kappa shape index (κ3) is 4.16. The number of nitrogens with zero attached hydrogens (tertiary/aromatic N) is 1. The number of carbonyl (C=O) groups excluding carboxylic acids is 1. The Hall–Kier alpha value is -0.810. The van der Waals surface area contributed by atoms with Crippen molar-refractivity contribution in [2.45, 2.75) is 32.7 Å². The van der Waals surface area contributed by atoms with E-state index in [9.17, 15) is 4.79 Å². The first-order valence-corrected chi connectivity index (χ1v) is 6.71. The summed E-state index contributed by atoms with van der Waals surface area (Å²) in [6.07, 6.45) is 3.79. The van der Waals surface area contributed by atoms with Crippen LogP contribution in [0.3, 0.4) is 0 Å². The molecule has 0 aliphatic carbocycles. The zero-order valence-corrected chi connectivity index (χ0v) is 12.0. The van der Waals surface area contributed by atoms with Gasteiger partial charge in [-0.25, -0.2) is 0 Å². The number of halogens is 1. The van der Waals surface area contributed by atoms with Crippen LogP contribution in [0, 0.1) is 0 Å². The van der Waals surface area contributed by atoms with E-state index in [1.54, 1.807) is 0 Å². The summed E-state index contributed by atoms with van der Waals surface area (Å²) < 4.78 is 2.89. The smallest absolute Gasteiger partial charge is 0.267 e. The van der Waals surface area contributed by atoms with Gasteiger partial charge in [0.05, 0.1) is 0 Å². The summed E-state index contributed by atoms with van der Waals surface area (Å²) in [6, 6.07) is 2.12. The number of nitrogens with two attached hydrogens (primary N) is 1. The molecule has 5 heteroatoms. The summed E-state index contributed by atoms with van der Waals surface area (Å²) in [5.41, 5.74) is 6.09. The fourth-order valence-corrected chi connectivity index (χ4v) is 2.05. The predicted octanol–water partition coefficient (Wildman–Crippen LogP) is 2.30. The molecule has 0 radical (unpaired) electrons. The molecular formula is C12H20BrN3O. The first-order valence-electron chi connectivity index (χ1n) is 5.92. The van der Waals surface area contributed by atoms with E-state index in [0.717, 1.165) is 17.3 Å². The summed E-state index contributed by atoms with van der Waals surface area (Å²) in [6.45, 7) is 5.45. The molecule has 0 aliphatic rings. The largest absolute Gasteiger partial charge is 0.351 e. The van der Waals surface area contributed by atoms with Crippen molar-refractivity contribution in [2.24, 2.45) is 5.73 Å². The molecule has 96 valence electrons. The highest BCUT2D eigenvalue weighted by atomic mass is 79.9. The van der Waals surface area contributed by atoms with E-state index in [1.807, 2.05) is 16.8 Å². The Morgan fingerprint density at radius 3 is 2.82 bits per heavy atom. The van der Waals surface area contributed by atoms with Gasteiger partial charge in [0.1, 0.15) is 5.69 Å². The molecule has 1 aromatic rings. The molecule has 17 heavy (non-hydrogen) atoms. The molecule has 1 amide bonds. The van der Waals surface area contributed by atoms with Crippen LogP contribution >= 0.6 is 15.9 Å². The molecule has 0 aromatic carbocycles. The second kappa shape index (κ2) is 6.81. The highest BCUT2D eigenvalue weighted by molar-refractivity contribution is 9.10. The van der Waals surface area contributed by atoms with Gasteiger partial charge in [0.25, 0.3) is 5.91 Å². The van der Waals surface area contributed by atoms with Crippen LogP contribution in [0.15, 0.2) is 16.7 Å². The van der Waals surface area contributed by atoms with E-state index < -0.39 is 0 Å². The number of amides is 1. The number of aromatic nitrogens is 1. The van der Waals surface area contributed by atoms with Gasteiger partial charge in [0.15, 0.2) is 0 Å². The van der Waals surface area contributed by atoms with Gasteiger partial charge in [-0.1, -0.05) is 0 Å². The molecule has 1 rings (SSSR count). The quantitative estimate of drug-likeness (QED) is 0.792. The highest BCUT2D eigenvalue weighted by Gasteiger charge is 2.14. The summed E-state index contributed by atoms with van der Waals surface area (Å²) >= 11 is 3.40. The van der Waals surface area contributed by atoms with Crippen LogP contribution in [0.2, 0.25) is 0 Å². The molecule has 0 unspecified atom stereocenters. The summed E-state index contributed by atoms with van der Waals surface area (Å²) in [4.78, 5) is 12.0. The Morgan fingerprint density at radius 1 is 1.53 bits per heavy atom. The van der Waals surface area contributed by atoms with Crippen molar-refractivity contribution in [3.63, 3.8) is 0 Å². The Morgan fingerprint density at radius 2 is 2.24 bits per heavy atom. The van der Waals surface area contributed by atoms with Crippen LogP contribution < -0.4 is 11.1 Å². The number of unbranched alkanes of at least 4 members (excludes halogenated alkanes) is 1. The average Bonchev–Trinajstić information content (AvgIpc) is 2.66. The number of carbonyl (C=O) groups is 1. The molecule has 0 saturated carbocycles. The molecule has 0 bridgehead atoms. The van der Waals surface area contributed by atoms with Crippen molar-refractivity contribution in [3.8, 4) is 0 Å². The first kappa shape index (κ1) is 14.3. The van der Waals surface area contributed by atoms with Gasteiger partial charge in [-0.05, 0) is 55.2 Å². The van der Waals surface area contributed by atoms with Gasteiger partial charge in [0, 0.05) is 23.3 Å². The lowest BCUT2D eigenvalue weighted by atomic mass is 10.3. The average molecular weight is 302 g/mol. The molecule has 0 atom stereocenters. The molecule has 0 spiro atoms. The Kier molecular flexibility index (Phi) is 5.71. The van der Waals surface area contributed by atoms with Crippen molar-refractivity contribution < 1.29 is 4.79 Å². The van der Waals surface area contributed by atoms with E-state index in [2.05, 4.69) is 35.1 Å². The van der Waals surface area contributed by atoms with E-state index in [-0.39, 0.29) is 11.9 Å². The summed E-state index contributed by atoms with van der Waals surface area (Å²) in [7, 11) is 0. The van der Waals surface area contributed by atoms with Crippen LogP contribution in [0.1, 0.15) is 43.2 Å². The number of rotatable bonds is 6. The number of hydrogen-bond donors (Lipinski definition) is 2. The molecule has 0 saturated heterocycles. The lowest BCUT2D eigenvalue weighted by Crippen LogP contribution is -2.27. The van der Waals surface area contributed by atoms with Crippen LogP contribution in [0.4, 0.5) is 0 Å². The predicted molar refractivity (Wildman–Crippen MR) is 73.1 cm³/mol. The third-order valence-corrected chi connectivity index (χ3v) is 2.95. The fourth-order valence-electron chi connectivity index (χ4n) is 1.62. The minimum Gasteiger partial charge on any atom is -0.351 e. The second-order valence-corrected chi connectivity index (χ2v) is 5.21. The SMILES string of the molecule is CC(C)n1cc(Br)cc1C(=O)NCCCCN. The fraction of sp³-hybridized carbons (Fsp3) is 0.583. The van der Waals surface area contributed by atoms with Gasteiger partial charge in [-0.2, -0.15) is 0 Å². The molecule has 1 aromatic heterocycles. The normalized spacial score (nSPS) is 10.9. The topological polar surface area (TPSA) is 60.0 Å². The van der Waals surface area contributed by atoms with Gasteiger partial charge >= 0.3 is 0 Å². The maximum Gasteiger partial charge on any atom is 0.267 e. The van der Waals surface area contributed by atoms with Crippen molar-refractivity contribution >= 4 is 21.8 Å². The summed E-state index contributed by atoms with van der Waals surface area (Å²) in [5.74, 6) is -0.0265. The minimum absolute atomic E-state index is 0.0265. The lowest BCUT2D eigenvalue weighted by Gasteiger charge is -2.12. The van der Waals surface area contributed by atoms with Crippen molar-refractivity contribution in [2.75, 3.05) is 13.1 Å². The molecule has 0 aliphatic heterocycles. The van der Waals surface area contributed by atoms with E-state index in [4.69, 9.17) is 5.73 Å². The number of nitrogens with one attached hydrogen (secondary N) is 1. The standard InChI is InChI=1S/C12H20BrN3O/c1-9(2)16-8-10(13)7-11(16)12(17)15-6-4-3-5-14/h7-9H,3-6,14H2,1-2H3,(H,15,17). The lowest BCUT2D eigenvalue weighted by molar-refractivity contribution is 0.0942. The first-order chi connectivity index (χ1) is 8.06.